The first-order chi connectivity index (χ1) is 16.5. The Morgan fingerprint density at radius 3 is 2.71 bits per heavy atom. The Morgan fingerprint density at radius 2 is 2.03 bits per heavy atom. The minimum Gasteiger partial charge on any atom is -0.446 e. The summed E-state index contributed by atoms with van der Waals surface area (Å²) in [5.41, 5.74) is 1.27. The summed E-state index contributed by atoms with van der Waals surface area (Å²) >= 11 is 0. The normalized spacial score (nSPS) is 26.8. The maximum Gasteiger partial charge on any atom is 0.410 e. The number of nitrogens with zero attached hydrogens (tertiary/aromatic N) is 3. The number of amides is 2. The molecule has 8 heteroatoms. The summed E-state index contributed by atoms with van der Waals surface area (Å²) in [4.78, 5) is 29.2. The van der Waals surface area contributed by atoms with Gasteiger partial charge < -0.3 is 19.9 Å². The molecule has 34 heavy (non-hydrogen) atoms. The Bertz CT molecular complexity index is 865. The van der Waals surface area contributed by atoms with Crippen molar-refractivity contribution in [1.29, 1.82) is 5.26 Å². The molecule has 0 bridgehead atoms. The zero-order valence-electron chi connectivity index (χ0n) is 20.1. The first-order valence-corrected chi connectivity index (χ1v) is 12.6. The molecule has 3 aliphatic heterocycles. The molecule has 3 fully saturated rings. The maximum atomic E-state index is 13.2. The van der Waals surface area contributed by atoms with Crippen molar-refractivity contribution >= 4 is 12.0 Å². The van der Waals surface area contributed by atoms with Crippen LogP contribution in [0.3, 0.4) is 0 Å². The number of carbonyl (C=O) groups excluding carboxylic acids is 2. The minimum atomic E-state index is -0.409. The molecule has 1 aromatic carbocycles. The van der Waals surface area contributed by atoms with Crippen LogP contribution in [0.5, 0.6) is 0 Å². The predicted molar refractivity (Wildman–Crippen MR) is 129 cm³/mol. The molecule has 4 rings (SSSR count). The van der Waals surface area contributed by atoms with E-state index in [1.807, 2.05) is 23.1 Å². The third-order valence-corrected chi connectivity index (χ3v) is 7.47. The van der Waals surface area contributed by atoms with Crippen LogP contribution in [0.15, 0.2) is 30.3 Å². The number of piperidine rings is 1. The molecule has 3 saturated heterocycles. The van der Waals surface area contributed by atoms with Gasteiger partial charge in [0, 0.05) is 44.7 Å². The summed E-state index contributed by atoms with van der Waals surface area (Å²) in [6, 6.07) is 12.2. The van der Waals surface area contributed by atoms with Crippen LogP contribution in [0, 0.1) is 23.2 Å². The van der Waals surface area contributed by atoms with E-state index in [4.69, 9.17) is 4.74 Å². The lowest BCUT2D eigenvalue weighted by atomic mass is 9.96. The van der Waals surface area contributed by atoms with Gasteiger partial charge in [-0.3, -0.25) is 10.1 Å². The average molecular weight is 468 g/mol. The summed E-state index contributed by atoms with van der Waals surface area (Å²) in [5.74, 6) is 0.270. The number of rotatable bonds is 8. The number of ether oxygens (including phenoxy) is 1. The summed E-state index contributed by atoms with van der Waals surface area (Å²) < 4.78 is 5.92. The van der Waals surface area contributed by atoms with Crippen LogP contribution < -0.4 is 10.6 Å². The van der Waals surface area contributed by atoms with Crippen LogP contribution >= 0.6 is 0 Å². The second kappa shape index (κ2) is 11.7. The lowest BCUT2D eigenvalue weighted by molar-refractivity contribution is -0.122. The average Bonchev–Trinajstić information content (AvgIpc) is 3.44. The van der Waals surface area contributed by atoms with Crippen molar-refractivity contribution in [2.45, 2.75) is 56.7 Å². The maximum absolute atomic E-state index is 13.2. The molecule has 0 spiro atoms. The molecule has 0 radical (unpaired) electrons. The Hall–Kier alpha value is -2.63. The van der Waals surface area contributed by atoms with Crippen LogP contribution in [-0.4, -0.2) is 79.8 Å². The van der Waals surface area contributed by atoms with Crippen molar-refractivity contribution in [2.75, 3.05) is 39.8 Å². The van der Waals surface area contributed by atoms with Gasteiger partial charge in [-0.1, -0.05) is 30.3 Å². The number of likely N-dealkylation sites (tertiary alicyclic amines) is 2. The largest absolute Gasteiger partial charge is 0.446 e. The number of benzene rings is 1. The zero-order chi connectivity index (χ0) is 23.9. The van der Waals surface area contributed by atoms with Gasteiger partial charge >= 0.3 is 6.09 Å². The first kappa shape index (κ1) is 24.5. The second-order valence-corrected chi connectivity index (χ2v) is 10.1. The number of carbonyl (C=O) groups is 2. The molecule has 4 atom stereocenters. The highest BCUT2D eigenvalue weighted by molar-refractivity contribution is 5.80. The Balaban J connectivity index is 1.37. The van der Waals surface area contributed by atoms with Crippen molar-refractivity contribution in [3.63, 3.8) is 0 Å². The molecule has 3 aliphatic rings. The summed E-state index contributed by atoms with van der Waals surface area (Å²) in [6.07, 6.45) is 4.53. The monoisotopic (exact) mass is 467 g/mol. The van der Waals surface area contributed by atoms with Crippen LogP contribution in [0.1, 0.15) is 37.7 Å². The fourth-order valence-corrected chi connectivity index (χ4v) is 5.45. The van der Waals surface area contributed by atoms with Crippen molar-refractivity contribution < 1.29 is 14.3 Å². The van der Waals surface area contributed by atoms with Gasteiger partial charge in [-0.05, 0) is 57.1 Å². The lowest BCUT2D eigenvalue weighted by Crippen LogP contribution is -2.46. The van der Waals surface area contributed by atoms with E-state index < -0.39 is 6.04 Å². The number of hydrogen-bond donors (Lipinski definition) is 2. The molecule has 4 unspecified atom stereocenters. The van der Waals surface area contributed by atoms with E-state index in [-0.39, 0.29) is 30.1 Å². The van der Waals surface area contributed by atoms with E-state index in [2.05, 4.69) is 40.8 Å². The van der Waals surface area contributed by atoms with Gasteiger partial charge in [-0.25, -0.2) is 4.79 Å². The van der Waals surface area contributed by atoms with Gasteiger partial charge in [0.15, 0.2) is 0 Å². The van der Waals surface area contributed by atoms with Gasteiger partial charge in [0.05, 0.1) is 12.1 Å². The van der Waals surface area contributed by atoms with E-state index in [0.717, 1.165) is 45.2 Å². The molecule has 0 saturated carbocycles. The fraction of sp³-hybridized carbons (Fsp3) is 0.654. The van der Waals surface area contributed by atoms with Crippen molar-refractivity contribution in [2.24, 2.45) is 11.8 Å². The van der Waals surface area contributed by atoms with E-state index in [0.29, 0.717) is 32.0 Å². The summed E-state index contributed by atoms with van der Waals surface area (Å²) in [5, 5.41) is 15.8. The minimum absolute atomic E-state index is 0.0271. The molecule has 3 heterocycles. The van der Waals surface area contributed by atoms with E-state index >= 15 is 0 Å². The van der Waals surface area contributed by atoms with Gasteiger partial charge in [0.2, 0.25) is 5.91 Å². The topological polar surface area (TPSA) is 97.7 Å². The molecule has 0 aromatic heterocycles. The Labute approximate surface area is 202 Å². The number of nitrogens with one attached hydrogen (secondary N) is 2. The molecule has 184 valence electrons. The molecular formula is C26H37N5O3. The zero-order valence-corrected chi connectivity index (χ0v) is 20.1. The van der Waals surface area contributed by atoms with E-state index in [1.165, 1.54) is 5.56 Å². The van der Waals surface area contributed by atoms with Crippen LogP contribution in [0.4, 0.5) is 4.79 Å². The Kier molecular flexibility index (Phi) is 8.41. The number of nitriles is 1. The first-order valence-electron chi connectivity index (χ1n) is 12.6. The van der Waals surface area contributed by atoms with E-state index in [1.54, 1.807) is 0 Å². The summed E-state index contributed by atoms with van der Waals surface area (Å²) in [7, 11) is 2.09. The molecule has 0 aliphatic carbocycles. The van der Waals surface area contributed by atoms with Crippen LogP contribution in [-0.2, 0) is 16.0 Å². The van der Waals surface area contributed by atoms with Crippen molar-refractivity contribution in [3.8, 4) is 6.07 Å². The lowest BCUT2D eigenvalue weighted by Gasteiger charge is -2.31. The van der Waals surface area contributed by atoms with Crippen molar-refractivity contribution in [1.82, 2.24) is 20.4 Å². The van der Waals surface area contributed by atoms with Crippen LogP contribution in [0.25, 0.3) is 0 Å². The van der Waals surface area contributed by atoms with Gasteiger partial charge in [0.1, 0.15) is 6.10 Å². The standard InChI is InChI=1S/C26H37N5O3/c1-30-11-8-24(9-12-30)34-26(33)31-18-20(13-19-5-3-2-4-6-19)14-23(31)17-29-22(16-27)15-21-7-10-28-25(21)32/h2-6,20-24,29H,7-15,17-18H2,1H3,(H,28,32). The third-order valence-electron chi connectivity index (χ3n) is 7.47. The summed E-state index contributed by atoms with van der Waals surface area (Å²) in [6.45, 7) is 3.76. The fourth-order valence-electron chi connectivity index (χ4n) is 5.45. The predicted octanol–water partition coefficient (Wildman–Crippen LogP) is 2.16. The molecule has 2 N–H and O–H groups in total. The van der Waals surface area contributed by atoms with Crippen LogP contribution in [0.2, 0.25) is 0 Å². The quantitative estimate of drug-likeness (QED) is 0.608. The van der Waals surface area contributed by atoms with Gasteiger partial charge in [0.25, 0.3) is 0 Å². The van der Waals surface area contributed by atoms with Gasteiger partial charge in [-0.15, -0.1) is 0 Å². The molecule has 8 nitrogen and oxygen atoms in total. The highest BCUT2D eigenvalue weighted by Crippen LogP contribution is 2.28. The van der Waals surface area contributed by atoms with Crippen molar-refractivity contribution in [3.05, 3.63) is 35.9 Å². The SMILES string of the molecule is CN1CCC(OC(=O)N2CC(Cc3ccccc3)CC2CNC(C#N)CC2CCNC2=O)CC1. The van der Waals surface area contributed by atoms with Gasteiger partial charge in [-0.2, -0.15) is 5.26 Å². The number of hydrogen-bond acceptors (Lipinski definition) is 6. The molecule has 2 amide bonds. The molecule has 1 aromatic rings. The third kappa shape index (κ3) is 6.49. The second-order valence-electron chi connectivity index (χ2n) is 10.1. The van der Waals surface area contributed by atoms with E-state index in [9.17, 15) is 14.9 Å². The highest BCUT2D eigenvalue weighted by atomic mass is 16.6. The Morgan fingerprint density at radius 1 is 1.26 bits per heavy atom. The molecular weight excluding hydrogens is 430 g/mol. The highest BCUT2D eigenvalue weighted by Gasteiger charge is 2.38. The smallest absolute Gasteiger partial charge is 0.410 e.